The average Bonchev–Trinajstić information content (AvgIpc) is 2.65. The van der Waals surface area contributed by atoms with Crippen LogP contribution in [0.5, 0.6) is 0 Å². The van der Waals surface area contributed by atoms with Crippen LogP contribution in [0, 0.1) is 12.3 Å². The Morgan fingerprint density at radius 3 is 2.53 bits per heavy atom. The monoisotopic (exact) mass is 231 g/mol. The fourth-order valence-corrected chi connectivity index (χ4v) is 1.58. The first-order valence-electron chi connectivity index (χ1n) is 5.43. The van der Waals surface area contributed by atoms with Gasteiger partial charge in [0.2, 0.25) is 11.8 Å². The lowest BCUT2D eigenvalue weighted by Crippen LogP contribution is -2.21. The number of nitrogens with one attached hydrogen (secondary N) is 1. The van der Waals surface area contributed by atoms with Gasteiger partial charge < -0.3 is 4.74 Å². The predicted molar refractivity (Wildman–Crippen MR) is 61.4 cm³/mol. The highest BCUT2D eigenvalue weighted by Gasteiger charge is 2.31. The minimum absolute atomic E-state index is 0.307. The number of benzene rings is 1. The van der Waals surface area contributed by atoms with Crippen molar-refractivity contribution in [2.24, 2.45) is 0 Å². The molecule has 0 unspecified atom stereocenters. The lowest BCUT2D eigenvalue weighted by atomic mass is 10.1. The van der Waals surface area contributed by atoms with Gasteiger partial charge in [-0.05, 0) is 12.0 Å². The maximum Gasteiger partial charge on any atom is 0.234 e. The van der Waals surface area contributed by atoms with Gasteiger partial charge in [0.25, 0.3) is 0 Å². The molecule has 1 aromatic rings. The minimum Gasteiger partial charge on any atom is -0.377 e. The molecule has 1 aromatic carbocycles. The molecule has 1 aliphatic heterocycles. The average molecular weight is 231 g/mol. The van der Waals surface area contributed by atoms with E-state index in [1.807, 2.05) is 30.3 Å². The van der Waals surface area contributed by atoms with E-state index in [-0.39, 0.29) is 11.8 Å². The van der Waals surface area contributed by atoms with Gasteiger partial charge in [0.1, 0.15) is 0 Å². The van der Waals surface area contributed by atoms with Gasteiger partial charge in [0, 0.05) is 6.61 Å². The maximum atomic E-state index is 11.2. The molecule has 1 aliphatic rings. The lowest BCUT2D eigenvalue weighted by molar-refractivity contribution is -0.123. The van der Waals surface area contributed by atoms with E-state index in [0.717, 1.165) is 5.56 Å². The number of ether oxygens (including phenoxy) is 1. The molecule has 0 aromatic heterocycles. The van der Waals surface area contributed by atoms with E-state index >= 15 is 0 Å². The molecule has 17 heavy (non-hydrogen) atoms. The van der Waals surface area contributed by atoms with Crippen LogP contribution in [-0.4, -0.2) is 18.4 Å². The second-order valence-corrected chi connectivity index (χ2v) is 3.78. The Balaban J connectivity index is 1.67. The number of carbonyl (C=O) groups excluding carboxylic acids is 2. The van der Waals surface area contributed by atoms with Gasteiger partial charge in [0.05, 0.1) is 18.9 Å². The number of amides is 2. The van der Waals surface area contributed by atoms with Crippen molar-refractivity contribution in [3.8, 4) is 0 Å². The molecule has 88 valence electrons. The van der Waals surface area contributed by atoms with Crippen molar-refractivity contribution in [1.82, 2.24) is 5.32 Å². The molecule has 1 fully saturated rings. The Kier molecular flexibility index (Phi) is 3.88. The van der Waals surface area contributed by atoms with Crippen LogP contribution < -0.4 is 5.32 Å². The fraction of sp³-hybridized carbons (Fsp3) is 0.231. The first-order chi connectivity index (χ1) is 8.25. The van der Waals surface area contributed by atoms with E-state index < -0.39 is 0 Å². The molecule has 0 spiro atoms. The molecule has 4 nitrogen and oxygen atoms in total. The minimum atomic E-state index is -0.340. The number of hydrogen-bond donors (Lipinski definition) is 1. The van der Waals surface area contributed by atoms with Gasteiger partial charge in [0.15, 0.2) is 0 Å². The van der Waals surface area contributed by atoms with Gasteiger partial charge in [-0.2, -0.15) is 0 Å². The summed E-state index contributed by atoms with van der Waals surface area (Å²) in [5.41, 5.74) is 1.09. The van der Waals surface area contributed by atoms with Crippen LogP contribution in [0.2, 0.25) is 0 Å². The number of rotatable bonds is 5. The Morgan fingerprint density at radius 1 is 1.12 bits per heavy atom. The third-order valence-corrected chi connectivity index (χ3v) is 2.46. The zero-order valence-electron chi connectivity index (χ0n) is 9.31. The van der Waals surface area contributed by atoms with Crippen molar-refractivity contribution in [2.75, 3.05) is 6.61 Å². The van der Waals surface area contributed by atoms with Crippen molar-refractivity contribution in [3.05, 3.63) is 48.2 Å². The number of imide groups is 1. The van der Waals surface area contributed by atoms with Gasteiger partial charge in [-0.25, -0.2) is 0 Å². The molecule has 1 heterocycles. The van der Waals surface area contributed by atoms with E-state index in [0.29, 0.717) is 25.6 Å². The number of hydrogen-bond acceptors (Lipinski definition) is 3. The summed E-state index contributed by atoms with van der Waals surface area (Å²) in [6, 6.07) is 9.80. The van der Waals surface area contributed by atoms with Crippen LogP contribution in [-0.2, 0) is 20.9 Å². The van der Waals surface area contributed by atoms with E-state index in [1.165, 1.54) is 6.42 Å². The normalized spacial score (nSPS) is 16.2. The van der Waals surface area contributed by atoms with Gasteiger partial charge in [-0.1, -0.05) is 30.3 Å². The summed E-state index contributed by atoms with van der Waals surface area (Å²) < 4.78 is 5.43. The largest absolute Gasteiger partial charge is 0.377 e. The van der Waals surface area contributed by atoms with E-state index in [1.54, 1.807) is 0 Å². The van der Waals surface area contributed by atoms with Crippen LogP contribution in [0.3, 0.4) is 0 Å². The molecule has 4 heteroatoms. The molecule has 0 bridgehead atoms. The zero-order chi connectivity index (χ0) is 12.1. The Labute approximate surface area is 100.0 Å². The molecule has 0 saturated carbocycles. The summed E-state index contributed by atoms with van der Waals surface area (Å²) in [5.74, 6) is -0.158. The summed E-state index contributed by atoms with van der Waals surface area (Å²) >= 11 is 0. The molecule has 0 atom stereocenters. The molecule has 2 radical (unpaired) electrons. The highest BCUT2D eigenvalue weighted by molar-refractivity contribution is 6.16. The topological polar surface area (TPSA) is 55.4 Å². The molecular weight excluding hydrogens is 218 g/mol. The van der Waals surface area contributed by atoms with E-state index in [9.17, 15) is 9.59 Å². The van der Waals surface area contributed by atoms with Crippen LogP contribution >= 0.6 is 0 Å². The summed E-state index contributed by atoms with van der Waals surface area (Å²) in [7, 11) is 0. The molecule has 0 aliphatic carbocycles. The zero-order valence-corrected chi connectivity index (χ0v) is 9.31. The summed E-state index contributed by atoms with van der Waals surface area (Å²) in [6.07, 6.45) is 1.79. The Morgan fingerprint density at radius 2 is 1.88 bits per heavy atom. The summed E-state index contributed by atoms with van der Waals surface area (Å²) in [5, 5.41) is 2.20. The van der Waals surface area contributed by atoms with E-state index in [2.05, 4.69) is 5.32 Å². The molecule has 1 saturated heterocycles. The van der Waals surface area contributed by atoms with Crippen molar-refractivity contribution in [2.45, 2.75) is 13.0 Å². The third-order valence-electron chi connectivity index (χ3n) is 2.46. The van der Waals surface area contributed by atoms with E-state index in [4.69, 9.17) is 4.74 Å². The molecule has 2 amide bonds. The second-order valence-electron chi connectivity index (χ2n) is 3.78. The summed E-state index contributed by atoms with van der Waals surface area (Å²) in [6.45, 7) is 0.950. The highest BCUT2D eigenvalue weighted by Crippen LogP contribution is 2.16. The highest BCUT2D eigenvalue weighted by atomic mass is 16.5. The Bertz CT molecular complexity index is 402. The fourth-order valence-electron chi connectivity index (χ4n) is 1.58. The molecule has 2 rings (SSSR count). The molecular formula is C13H13NO3. The van der Waals surface area contributed by atoms with Gasteiger partial charge in [-0.3, -0.25) is 14.9 Å². The van der Waals surface area contributed by atoms with Crippen LogP contribution in [0.4, 0.5) is 0 Å². The van der Waals surface area contributed by atoms with Gasteiger partial charge in [-0.15, -0.1) is 0 Å². The van der Waals surface area contributed by atoms with Gasteiger partial charge >= 0.3 is 0 Å². The smallest absolute Gasteiger partial charge is 0.234 e. The predicted octanol–water partition coefficient (Wildman–Crippen LogP) is 1.03. The van der Waals surface area contributed by atoms with Crippen LogP contribution in [0.15, 0.2) is 30.3 Å². The van der Waals surface area contributed by atoms with Crippen LogP contribution in [0.25, 0.3) is 0 Å². The SMILES string of the molecule is O=C1[CH][C](CCOCc2ccccc2)C(=O)N1. The maximum absolute atomic E-state index is 11.2. The van der Waals surface area contributed by atoms with Crippen molar-refractivity contribution < 1.29 is 14.3 Å². The standard InChI is InChI=1S/C13H13NO3/c15-12-8-11(13(16)14-12)6-7-17-9-10-4-2-1-3-5-10/h1-5,8H,6-7,9H2,(H,14,15,16). The first kappa shape index (κ1) is 11.8. The van der Waals surface area contributed by atoms with Crippen molar-refractivity contribution in [3.63, 3.8) is 0 Å². The molecule has 1 N–H and O–H groups in total. The van der Waals surface area contributed by atoms with Crippen molar-refractivity contribution in [1.29, 1.82) is 0 Å². The quantitative estimate of drug-likeness (QED) is 0.608. The van der Waals surface area contributed by atoms with Crippen molar-refractivity contribution >= 4 is 11.8 Å². The lowest BCUT2D eigenvalue weighted by Gasteiger charge is -2.06. The van der Waals surface area contributed by atoms with Crippen LogP contribution in [0.1, 0.15) is 12.0 Å². The second kappa shape index (κ2) is 5.59. The third kappa shape index (κ3) is 3.39. The first-order valence-corrected chi connectivity index (χ1v) is 5.43. The number of carbonyl (C=O) groups is 2. The Hall–Kier alpha value is -1.68. The summed E-state index contributed by atoms with van der Waals surface area (Å²) in [4.78, 5) is 22.1.